The predicted octanol–water partition coefficient (Wildman–Crippen LogP) is 2.36. The number of non-ortho nitro benzene ring substituents is 1. The van der Waals surface area contributed by atoms with Crippen molar-refractivity contribution in [3.63, 3.8) is 0 Å². The van der Waals surface area contributed by atoms with Gasteiger partial charge in [-0.1, -0.05) is 11.6 Å². The van der Waals surface area contributed by atoms with Gasteiger partial charge >= 0.3 is 0 Å². The number of hydrogen-bond donors (Lipinski definition) is 0. The van der Waals surface area contributed by atoms with E-state index in [1.165, 1.54) is 18.2 Å². The number of ketones is 1. The van der Waals surface area contributed by atoms with Crippen molar-refractivity contribution in [3.8, 4) is 5.75 Å². The third-order valence-corrected chi connectivity index (χ3v) is 2.64. The molecule has 0 heterocycles. The zero-order valence-corrected chi connectivity index (χ0v) is 8.94. The van der Waals surface area contributed by atoms with Gasteiger partial charge < -0.3 is 4.74 Å². The average molecular weight is 242 g/mol. The van der Waals surface area contributed by atoms with Gasteiger partial charge in [0, 0.05) is 18.9 Å². The maximum Gasteiger partial charge on any atom is 0.273 e. The number of nitro benzene ring substituents is 1. The third kappa shape index (κ3) is 2.14. The van der Waals surface area contributed by atoms with Crippen LogP contribution in [0.2, 0.25) is 5.02 Å². The molecule has 0 N–H and O–H groups in total. The van der Waals surface area contributed by atoms with Crippen molar-refractivity contribution in [2.45, 2.75) is 18.9 Å². The number of Topliss-reactive ketones (excluding diaryl/α,β-unsaturated/α-hetero) is 1. The molecule has 0 radical (unpaired) electrons. The van der Waals surface area contributed by atoms with Crippen LogP contribution in [-0.2, 0) is 4.79 Å². The molecule has 5 nitrogen and oxygen atoms in total. The highest BCUT2D eigenvalue weighted by Gasteiger charge is 2.29. The van der Waals surface area contributed by atoms with Gasteiger partial charge in [-0.25, -0.2) is 0 Å². The van der Waals surface area contributed by atoms with E-state index in [-0.39, 0.29) is 23.3 Å². The molecule has 6 heteroatoms. The van der Waals surface area contributed by atoms with E-state index in [1.54, 1.807) is 0 Å². The molecule has 84 valence electrons. The summed E-state index contributed by atoms with van der Waals surface area (Å²) < 4.78 is 5.39. The molecule has 1 aliphatic rings. The molecule has 1 fully saturated rings. The maximum atomic E-state index is 10.7. The molecule has 0 unspecified atom stereocenters. The van der Waals surface area contributed by atoms with Gasteiger partial charge in [-0.05, 0) is 6.07 Å². The van der Waals surface area contributed by atoms with Crippen LogP contribution in [0, 0.1) is 10.1 Å². The van der Waals surface area contributed by atoms with Gasteiger partial charge in [0.2, 0.25) is 0 Å². The largest absolute Gasteiger partial charge is 0.488 e. The number of ether oxygens (including phenoxy) is 1. The fraction of sp³-hybridized carbons (Fsp3) is 0.300. The lowest BCUT2D eigenvalue weighted by Gasteiger charge is -2.25. The van der Waals surface area contributed by atoms with Crippen molar-refractivity contribution in [1.29, 1.82) is 0 Å². The summed E-state index contributed by atoms with van der Waals surface area (Å²) in [6.07, 6.45) is 0.491. The Hall–Kier alpha value is -1.62. The quantitative estimate of drug-likeness (QED) is 0.602. The van der Waals surface area contributed by atoms with E-state index in [0.29, 0.717) is 17.9 Å². The van der Waals surface area contributed by atoms with E-state index in [4.69, 9.17) is 16.3 Å². The zero-order chi connectivity index (χ0) is 11.7. The van der Waals surface area contributed by atoms with E-state index in [1.807, 2.05) is 0 Å². The Morgan fingerprint density at radius 1 is 1.44 bits per heavy atom. The van der Waals surface area contributed by atoms with Crippen LogP contribution < -0.4 is 4.74 Å². The third-order valence-electron chi connectivity index (χ3n) is 2.33. The normalized spacial score (nSPS) is 15.7. The molecule has 1 aromatic carbocycles. The summed E-state index contributed by atoms with van der Waals surface area (Å²) in [4.78, 5) is 20.8. The van der Waals surface area contributed by atoms with E-state index in [0.717, 1.165) is 0 Å². The second kappa shape index (κ2) is 4.09. The number of nitro groups is 1. The van der Waals surface area contributed by atoms with Gasteiger partial charge in [0.25, 0.3) is 5.69 Å². The first kappa shape index (κ1) is 10.9. The lowest BCUT2D eigenvalue weighted by atomic mass is 9.94. The van der Waals surface area contributed by atoms with Crippen LogP contribution in [0.3, 0.4) is 0 Å². The Morgan fingerprint density at radius 3 is 2.69 bits per heavy atom. The lowest BCUT2D eigenvalue weighted by molar-refractivity contribution is -0.384. The Labute approximate surface area is 96.1 Å². The van der Waals surface area contributed by atoms with Crippen molar-refractivity contribution in [3.05, 3.63) is 33.3 Å². The highest BCUT2D eigenvalue weighted by molar-refractivity contribution is 6.32. The van der Waals surface area contributed by atoms with Crippen LogP contribution in [0.15, 0.2) is 18.2 Å². The van der Waals surface area contributed by atoms with Gasteiger partial charge in [-0.15, -0.1) is 0 Å². The van der Waals surface area contributed by atoms with Gasteiger partial charge in [0.1, 0.15) is 17.6 Å². The molecule has 0 aliphatic heterocycles. The summed E-state index contributed by atoms with van der Waals surface area (Å²) in [5.41, 5.74) is -0.0787. The summed E-state index contributed by atoms with van der Waals surface area (Å²) in [7, 11) is 0. The topological polar surface area (TPSA) is 69.4 Å². The highest BCUT2D eigenvalue weighted by atomic mass is 35.5. The average Bonchev–Trinajstić information content (AvgIpc) is 2.18. The fourth-order valence-electron chi connectivity index (χ4n) is 1.41. The van der Waals surface area contributed by atoms with Crippen LogP contribution in [0.1, 0.15) is 12.8 Å². The summed E-state index contributed by atoms with van der Waals surface area (Å²) in [5.74, 6) is 0.389. The first-order valence-electron chi connectivity index (χ1n) is 4.68. The van der Waals surface area contributed by atoms with Crippen molar-refractivity contribution in [2.75, 3.05) is 0 Å². The monoisotopic (exact) mass is 241 g/mol. The van der Waals surface area contributed by atoms with E-state index < -0.39 is 4.92 Å². The Bertz CT molecular complexity index is 452. The molecular formula is C10H8ClNO4. The summed E-state index contributed by atoms with van der Waals surface area (Å²) in [6.45, 7) is 0. The van der Waals surface area contributed by atoms with Crippen LogP contribution in [-0.4, -0.2) is 16.8 Å². The van der Waals surface area contributed by atoms with Crippen LogP contribution >= 0.6 is 11.6 Å². The molecule has 0 bridgehead atoms. The minimum absolute atomic E-state index is 0.0787. The minimum Gasteiger partial charge on any atom is -0.488 e. The molecule has 1 saturated carbocycles. The number of nitrogens with zero attached hydrogens (tertiary/aromatic N) is 1. The summed E-state index contributed by atoms with van der Waals surface area (Å²) in [6, 6.07) is 3.99. The molecular weight excluding hydrogens is 234 g/mol. The number of benzene rings is 1. The van der Waals surface area contributed by atoms with Crippen molar-refractivity contribution < 1.29 is 14.5 Å². The van der Waals surface area contributed by atoms with E-state index >= 15 is 0 Å². The second-order valence-electron chi connectivity index (χ2n) is 3.56. The number of rotatable bonds is 3. The standard InChI is InChI=1S/C10H8ClNO4/c11-9-2-1-6(12(14)15)3-10(9)16-8-4-7(13)5-8/h1-3,8H,4-5H2. The maximum absolute atomic E-state index is 10.7. The van der Waals surface area contributed by atoms with Crippen LogP contribution in [0.25, 0.3) is 0 Å². The molecule has 0 atom stereocenters. The smallest absolute Gasteiger partial charge is 0.273 e. The molecule has 16 heavy (non-hydrogen) atoms. The van der Waals surface area contributed by atoms with Gasteiger partial charge in [0.15, 0.2) is 0 Å². The number of carbonyl (C=O) groups is 1. The molecule has 1 aromatic rings. The molecule has 0 amide bonds. The van der Waals surface area contributed by atoms with Crippen LogP contribution in [0.5, 0.6) is 5.75 Å². The first-order chi connectivity index (χ1) is 7.56. The Kier molecular flexibility index (Phi) is 2.78. The van der Waals surface area contributed by atoms with Crippen molar-refractivity contribution >= 4 is 23.1 Å². The highest BCUT2D eigenvalue weighted by Crippen LogP contribution is 2.32. The predicted molar refractivity (Wildman–Crippen MR) is 56.8 cm³/mol. The number of hydrogen-bond acceptors (Lipinski definition) is 4. The molecule has 0 spiro atoms. The lowest BCUT2D eigenvalue weighted by Crippen LogP contribution is -2.33. The van der Waals surface area contributed by atoms with Gasteiger partial charge in [-0.2, -0.15) is 0 Å². The SMILES string of the molecule is O=C1CC(Oc2cc([N+](=O)[O-])ccc2Cl)C1. The van der Waals surface area contributed by atoms with Gasteiger partial charge in [-0.3, -0.25) is 14.9 Å². The van der Waals surface area contributed by atoms with E-state index in [9.17, 15) is 14.9 Å². The summed E-state index contributed by atoms with van der Waals surface area (Å²) in [5, 5.41) is 10.8. The Balaban J connectivity index is 2.15. The van der Waals surface area contributed by atoms with Crippen LogP contribution in [0.4, 0.5) is 5.69 Å². The van der Waals surface area contributed by atoms with Crippen molar-refractivity contribution in [1.82, 2.24) is 0 Å². The van der Waals surface area contributed by atoms with Crippen molar-refractivity contribution in [2.24, 2.45) is 0 Å². The first-order valence-corrected chi connectivity index (χ1v) is 5.06. The fourth-order valence-corrected chi connectivity index (χ4v) is 1.57. The molecule has 0 saturated heterocycles. The molecule has 2 rings (SSSR count). The van der Waals surface area contributed by atoms with Gasteiger partial charge in [0.05, 0.1) is 16.0 Å². The summed E-state index contributed by atoms with van der Waals surface area (Å²) >= 11 is 5.83. The number of halogens is 1. The zero-order valence-electron chi connectivity index (χ0n) is 8.18. The molecule has 0 aromatic heterocycles. The second-order valence-corrected chi connectivity index (χ2v) is 3.97. The minimum atomic E-state index is -0.519. The van der Waals surface area contributed by atoms with E-state index in [2.05, 4.69) is 0 Å². The Morgan fingerprint density at radius 2 is 2.12 bits per heavy atom. The molecule has 1 aliphatic carbocycles. The number of carbonyl (C=O) groups excluding carboxylic acids is 1.